The number of nitrogens with two attached hydrogens (primary N) is 1. The molecule has 1 fully saturated rings. The summed E-state index contributed by atoms with van der Waals surface area (Å²) >= 11 is 0. The zero-order valence-corrected chi connectivity index (χ0v) is 8.76. The van der Waals surface area contributed by atoms with Crippen LogP contribution < -0.4 is 10.6 Å². The highest BCUT2D eigenvalue weighted by molar-refractivity contribution is 5.83. The molecule has 5 heteroatoms. The third-order valence-electron chi connectivity index (χ3n) is 2.77. The van der Waals surface area contributed by atoms with Gasteiger partial charge in [0.1, 0.15) is 11.6 Å². The molecule has 3 N–H and O–H groups in total. The van der Waals surface area contributed by atoms with Crippen molar-refractivity contribution < 1.29 is 8.78 Å². The molecule has 86 valence electrons. The first-order chi connectivity index (χ1) is 7.58. The number of benzene rings is 1. The van der Waals surface area contributed by atoms with E-state index in [0.717, 1.165) is 12.1 Å². The van der Waals surface area contributed by atoms with Crippen molar-refractivity contribution >= 4 is 17.1 Å². The molecule has 16 heavy (non-hydrogen) atoms. The maximum Gasteiger partial charge on any atom is 0.148 e. The van der Waals surface area contributed by atoms with Crippen molar-refractivity contribution in [3.05, 3.63) is 23.8 Å². The van der Waals surface area contributed by atoms with Crippen molar-refractivity contribution in [2.45, 2.75) is 12.8 Å². The van der Waals surface area contributed by atoms with Crippen LogP contribution in [0.4, 0.5) is 20.2 Å². The Morgan fingerprint density at radius 2 is 1.75 bits per heavy atom. The van der Waals surface area contributed by atoms with Crippen molar-refractivity contribution in [1.29, 1.82) is 5.41 Å². The molecule has 0 saturated carbocycles. The Morgan fingerprint density at radius 1 is 1.12 bits per heavy atom. The Hall–Kier alpha value is -1.65. The Labute approximate surface area is 92.4 Å². The van der Waals surface area contributed by atoms with E-state index in [1.165, 1.54) is 0 Å². The van der Waals surface area contributed by atoms with Crippen LogP contribution in [0.25, 0.3) is 0 Å². The third-order valence-corrected chi connectivity index (χ3v) is 2.77. The van der Waals surface area contributed by atoms with E-state index in [0.29, 0.717) is 31.6 Å². The number of anilines is 2. The quantitative estimate of drug-likeness (QED) is 0.720. The minimum atomic E-state index is -0.600. The largest absolute Gasteiger partial charge is 0.396 e. The van der Waals surface area contributed by atoms with E-state index in [1.54, 1.807) is 4.90 Å². The van der Waals surface area contributed by atoms with E-state index >= 15 is 0 Å². The van der Waals surface area contributed by atoms with Crippen LogP contribution in [0.2, 0.25) is 0 Å². The molecule has 0 aliphatic carbocycles. The lowest BCUT2D eigenvalue weighted by molar-refractivity contribution is 0.594. The lowest BCUT2D eigenvalue weighted by atomic mass is 10.1. The lowest BCUT2D eigenvalue weighted by Crippen LogP contribution is -2.34. The minimum Gasteiger partial charge on any atom is -0.396 e. The average molecular weight is 225 g/mol. The molecule has 1 heterocycles. The summed E-state index contributed by atoms with van der Waals surface area (Å²) in [7, 11) is 0. The average Bonchev–Trinajstić information content (AvgIpc) is 2.25. The van der Waals surface area contributed by atoms with Crippen LogP contribution >= 0.6 is 0 Å². The molecule has 1 aliphatic rings. The minimum absolute atomic E-state index is 0.175. The Kier molecular flexibility index (Phi) is 2.77. The Morgan fingerprint density at radius 3 is 2.38 bits per heavy atom. The molecule has 0 amide bonds. The van der Waals surface area contributed by atoms with Crippen LogP contribution in [-0.2, 0) is 0 Å². The molecule has 1 saturated heterocycles. The van der Waals surface area contributed by atoms with Gasteiger partial charge in [-0.3, -0.25) is 0 Å². The number of piperidine rings is 1. The molecule has 1 aliphatic heterocycles. The standard InChI is InChI=1S/C11H13F2N3/c12-8-6-11(9(13)5-10(8)15)16-3-1-7(14)2-4-16/h5-6,14H,1-4,15H2. The fourth-order valence-electron chi connectivity index (χ4n) is 1.81. The SMILES string of the molecule is N=C1CCN(c2cc(F)c(N)cc2F)CC1. The van der Waals surface area contributed by atoms with Crippen LogP contribution in [0.3, 0.4) is 0 Å². The molecule has 1 aromatic carbocycles. The Balaban J connectivity index is 2.26. The summed E-state index contributed by atoms with van der Waals surface area (Å²) in [6.07, 6.45) is 1.21. The van der Waals surface area contributed by atoms with E-state index in [-0.39, 0.29) is 11.4 Å². The number of nitrogen functional groups attached to an aromatic ring is 1. The summed E-state index contributed by atoms with van der Waals surface area (Å²) in [5.74, 6) is -1.11. The highest BCUT2D eigenvalue weighted by Crippen LogP contribution is 2.26. The van der Waals surface area contributed by atoms with Crippen LogP contribution in [0.15, 0.2) is 12.1 Å². The molecule has 1 aromatic rings. The summed E-state index contributed by atoms with van der Waals surface area (Å²) in [5.41, 5.74) is 5.99. The van der Waals surface area contributed by atoms with E-state index in [1.807, 2.05) is 0 Å². The van der Waals surface area contributed by atoms with Gasteiger partial charge in [-0.05, 0) is 0 Å². The molecular formula is C11H13F2N3. The molecule has 0 aromatic heterocycles. The molecule has 0 spiro atoms. The molecule has 0 radical (unpaired) electrons. The first kappa shape index (κ1) is 10.9. The lowest BCUT2D eigenvalue weighted by Gasteiger charge is -2.29. The van der Waals surface area contributed by atoms with Gasteiger partial charge in [-0.2, -0.15) is 0 Å². The normalized spacial score (nSPS) is 16.6. The van der Waals surface area contributed by atoms with Crippen LogP contribution in [0.1, 0.15) is 12.8 Å². The van der Waals surface area contributed by atoms with Gasteiger partial charge in [0, 0.05) is 43.8 Å². The molecule has 0 atom stereocenters. The van der Waals surface area contributed by atoms with Crippen molar-refractivity contribution in [3.8, 4) is 0 Å². The maximum atomic E-state index is 13.6. The predicted molar refractivity (Wildman–Crippen MR) is 59.9 cm³/mol. The zero-order chi connectivity index (χ0) is 11.7. The Bertz CT molecular complexity index is 421. The van der Waals surface area contributed by atoms with E-state index < -0.39 is 11.6 Å². The van der Waals surface area contributed by atoms with E-state index in [2.05, 4.69) is 0 Å². The molecule has 0 unspecified atom stereocenters. The van der Waals surface area contributed by atoms with Crippen molar-refractivity contribution in [3.63, 3.8) is 0 Å². The summed E-state index contributed by atoms with van der Waals surface area (Å²) in [6, 6.07) is 2.13. The summed E-state index contributed by atoms with van der Waals surface area (Å²) in [5, 5.41) is 7.46. The summed E-state index contributed by atoms with van der Waals surface area (Å²) in [6.45, 7) is 1.11. The second-order valence-electron chi connectivity index (χ2n) is 3.92. The van der Waals surface area contributed by atoms with Crippen LogP contribution in [-0.4, -0.2) is 18.8 Å². The molecular weight excluding hydrogens is 212 g/mol. The number of nitrogens with zero attached hydrogens (tertiary/aromatic N) is 1. The highest BCUT2D eigenvalue weighted by Gasteiger charge is 2.18. The smallest absolute Gasteiger partial charge is 0.148 e. The number of hydrogen-bond acceptors (Lipinski definition) is 3. The second kappa shape index (κ2) is 4.08. The number of halogens is 2. The zero-order valence-electron chi connectivity index (χ0n) is 8.76. The summed E-state index contributed by atoms with van der Waals surface area (Å²) in [4.78, 5) is 1.75. The predicted octanol–water partition coefficient (Wildman–Crippen LogP) is 2.17. The van der Waals surface area contributed by atoms with Crippen molar-refractivity contribution in [2.75, 3.05) is 23.7 Å². The third kappa shape index (κ3) is 1.98. The number of rotatable bonds is 1. The molecule has 3 nitrogen and oxygen atoms in total. The van der Waals surface area contributed by atoms with Gasteiger partial charge < -0.3 is 16.0 Å². The van der Waals surface area contributed by atoms with Crippen molar-refractivity contribution in [2.24, 2.45) is 0 Å². The van der Waals surface area contributed by atoms with Crippen LogP contribution in [0.5, 0.6) is 0 Å². The highest BCUT2D eigenvalue weighted by atomic mass is 19.1. The topological polar surface area (TPSA) is 53.1 Å². The van der Waals surface area contributed by atoms with Gasteiger partial charge in [0.25, 0.3) is 0 Å². The van der Waals surface area contributed by atoms with E-state index in [4.69, 9.17) is 11.1 Å². The van der Waals surface area contributed by atoms with Gasteiger partial charge in [0.15, 0.2) is 0 Å². The first-order valence-corrected chi connectivity index (χ1v) is 5.13. The number of nitrogens with one attached hydrogen (secondary N) is 1. The maximum absolute atomic E-state index is 13.6. The van der Waals surface area contributed by atoms with Gasteiger partial charge in [-0.25, -0.2) is 8.78 Å². The van der Waals surface area contributed by atoms with Gasteiger partial charge in [0.2, 0.25) is 0 Å². The summed E-state index contributed by atoms with van der Waals surface area (Å²) < 4.78 is 26.8. The molecule has 2 rings (SSSR count). The number of hydrogen-bond donors (Lipinski definition) is 2. The fourth-order valence-corrected chi connectivity index (χ4v) is 1.81. The van der Waals surface area contributed by atoms with Gasteiger partial charge in [-0.15, -0.1) is 0 Å². The van der Waals surface area contributed by atoms with Crippen molar-refractivity contribution in [1.82, 2.24) is 0 Å². The molecule has 0 bridgehead atoms. The fraction of sp³-hybridized carbons (Fsp3) is 0.364. The van der Waals surface area contributed by atoms with E-state index in [9.17, 15) is 8.78 Å². The monoisotopic (exact) mass is 225 g/mol. The van der Waals surface area contributed by atoms with Gasteiger partial charge in [0.05, 0.1) is 11.4 Å². The van der Waals surface area contributed by atoms with Gasteiger partial charge >= 0.3 is 0 Å². The first-order valence-electron chi connectivity index (χ1n) is 5.13. The second-order valence-corrected chi connectivity index (χ2v) is 3.92. The van der Waals surface area contributed by atoms with Crippen LogP contribution in [0, 0.1) is 17.0 Å². The van der Waals surface area contributed by atoms with Gasteiger partial charge in [-0.1, -0.05) is 0 Å².